The molecule has 0 saturated carbocycles. The van der Waals surface area contributed by atoms with Crippen molar-refractivity contribution in [1.29, 1.82) is 0 Å². The number of anilines is 1. The van der Waals surface area contributed by atoms with Gasteiger partial charge in [-0.05, 0) is 56.0 Å². The van der Waals surface area contributed by atoms with Gasteiger partial charge in [0, 0.05) is 16.2 Å². The lowest BCUT2D eigenvalue weighted by Crippen LogP contribution is -2.19. The van der Waals surface area contributed by atoms with E-state index < -0.39 is 0 Å². The van der Waals surface area contributed by atoms with Gasteiger partial charge in [-0.25, -0.2) is 0 Å². The first-order valence-corrected chi connectivity index (χ1v) is 7.43. The molecule has 0 radical (unpaired) electrons. The fraction of sp³-hybridized carbons (Fsp3) is 0.294. The molecule has 0 fully saturated rings. The molecule has 0 heterocycles. The van der Waals surface area contributed by atoms with Gasteiger partial charge in [0.05, 0.1) is 0 Å². The van der Waals surface area contributed by atoms with E-state index in [4.69, 9.17) is 0 Å². The lowest BCUT2D eigenvalue weighted by molar-refractivity contribution is 0.788. The third kappa shape index (κ3) is 3.84. The molecular weight excluding hydrogens is 298 g/mol. The first kappa shape index (κ1) is 14.1. The SMILES string of the molecule is Cc1cc(Br)cc(C)c1NC(C)Cc1ccccc1. The molecule has 0 aromatic heterocycles. The number of rotatable bonds is 4. The van der Waals surface area contributed by atoms with E-state index in [1.807, 2.05) is 0 Å². The van der Waals surface area contributed by atoms with Gasteiger partial charge in [-0.1, -0.05) is 46.3 Å². The highest BCUT2D eigenvalue weighted by Crippen LogP contribution is 2.26. The maximum Gasteiger partial charge on any atom is 0.0402 e. The molecular formula is C17H20BrN. The van der Waals surface area contributed by atoms with Crippen LogP contribution in [0.5, 0.6) is 0 Å². The maximum atomic E-state index is 3.63. The van der Waals surface area contributed by atoms with Crippen molar-refractivity contribution in [3.8, 4) is 0 Å². The van der Waals surface area contributed by atoms with Gasteiger partial charge in [0.15, 0.2) is 0 Å². The molecule has 100 valence electrons. The van der Waals surface area contributed by atoms with Crippen LogP contribution in [0.4, 0.5) is 5.69 Å². The van der Waals surface area contributed by atoms with Crippen molar-refractivity contribution >= 4 is 21.6 Å². The number of benzene rings is 2. The van der Waals surface area contributed by atoms with Crippen LogP contribution in [-0.2, 0) is 6.42 Å². The van der Waals surface area contributed by atoms with E-state index in [1.54, 1.807) is 0 Å². The topological polar surface area (TPSA) is 12.0 Å². The summed E-state index contributed by atoms with van der Waals surface area (Å²) in [5, 5.41) is 3.63. The minimum absolute atomic E-state index is 0.418. The van der Waals surface area contributed by atoms with Gasteiger partial charge in [0.2, 0.25) is 0 Å². The van der Waals surface area contributed by atoms with Crippen molar-refractivity contribution in [2.45, 2.75) is 33.2 Å². The van der Waals surface area contributed by atoms with Crippen LogP contribution in [0.2, 0.25) is 0 Å². The molecule has 0 aliphatic carbocycles. The average molecular weight is 318 g/mol. The summed E-state index contributed by atoms with van der Waals surface area (Å²) in [5.41, 5.74) is 5.19. The molecule has 0 aliphatic rings. The van der Waals surface area contributed by atoms with Crippen LogP contribution in [0.25, 0.3) is 0 Å². The van der Waals surface area contributed by atoms with Gasteiger partial charge >= 0.3 is 0 Å². The van der Waals surface area contributed by atoms with Crippen LogP contribution in [0, 0.1) is 13.8 Å². The number of hydrogen-bond donors (Lipinski definition) is 1. The van der Waals surface area contributed by atoms with Crippen molar-refractivity contribution < 1.29 is 0 Å². The summed E-state index contributed by atoms with van der Waals surface area (Å²) in [6.45, 7) is 6.53. The summed E-state index contributed by atoms with van der Waals surface area (Å²) in [6, 6.07) is 15.3. The molecule has 2 aromatic rings. The van der Waals surface area contributed by atoms with Crippen molar-refractivity contribution in [3.05, 3.63) is 63.6 Å². The van der Waals surface area contributed by atoms with Crippen LogP contribution < -0.4 is 5.32 Å². The lowest BCUT2D eigenvalue weighted by atomic mass is 10.0. The Morgan fingerprint density at radius 1 is 1.05 bits per heavy atom. The fourth-order valence-corrected chi connectivity index (χ4v) is 3.09. The quantitative estimate of drug-likeness (QED) is 0.826. The highest BCUT2D eigenvalue weighted by molar-refractivity contribution is 9.10. The fourth-order valence-electron chi connectivity index (χ4n) is 2.40. The van der Waals surface area contributed by atoms with E-state index in [9.17, 15) is 0 Å². The number of hydrogen-bond acceptors (Lipinski definition) is 1. The highest BCUT2D eigenvalue weighted by atomic mass is 79.9. The zero-order valence-electron chi connectivity index (χ0n) is 11.7. The summed E-state index contributed by atoms with van der Waals surface area (Å²) in [5.74, 6) is 0. The first-order chi connectivity index (χ1) is 9.06. The number of halogens is 1. The molecule has 0 aliphatic heterocycles. The molecule has 0 bridgehead atoms. The van der Waals surface area contributed by atoms with Crippen molar-refractivity contribution in [2.24, 2.45) is 0 Å². The van der Waals surface area contributed by atoms with E-state index in [0.717, 1.165) is 10.9 Å². The van der Waals surface area contributed by atoms with E-state index in [-0.39, 0.29) is 0 Å². The van der Waals surface area contributed by atoms with E-state index in [1.165, 1.54) is 22.4 Å². The summed E-state index contributed by atoms with van der Waals surface area (Å²) < 4.78 is 1.14. The molecule has 2 rings (SSSR count). The monoisotopic (exact) mass is 317 g/mol. The van der Waals surface area contributed by atoms with Crippen LogP contribution in [0.1, 0.15) is 23.6 Å². The number of nitrogens with one attached hydrogen (secondary N) is 1. The van der Waals surface area contributed by atoms with E-state index in [2.05, 4.69) is 84.5 Å². The van der Waals surface area contributed by atoms with Gasteiger partial charge in [0.1, 0.15) is 0 Å². The molecule has 2 heteroatoms. The van der Waals surface area contributed by atoms with Crippen LogP contribution in [-0.4, -0.2) is 6.04 Å². The predicted octanol–water partition coefficient (Wildman–Crippen LogP) is 5.11. The largest absolute Gasteiger partial charge is 0.382 e. The Hall–Kier alpha value is -1.28. The highest BCUT2D eigenvalue weighted by Gasteiger charge is 2.08. The van der Waals surface area contributed by atoms with E-state index in [0.29, 0.717) is 6.04 Å². The van der Waals surface area contributed by atoms with Crippen LogP contribution in [0.3, 0.4) is 0 Å². The molecule has 0 spiro atoms. The Labute approximate surface area is 124 Å². The predicted molar refractivity (Wildman–Crippen MR) is 86.8 cm³/mol. The first-order valence-electron chi connectivity index (χ1n) is 6.63. The summed E-state index contributed by atoms with van der Waals surface area (Å²) >= 11 is 3.54. The minimum Gasteiger partial charge on any atom is -0.382 e. The Morgan fingerprint density at radius 3 is 2.21 bits per heavy atom. The molecule has 1 unspecified atom stereocenters. The Kier molecular flexibility index (Phi) is 4.65. The third-order valence-electron chi connectivity index (χ3n) is 3.27. The molecule has 1 nitrogen and oxygen atoms in total. The molecule has 0 amide bonds. The smallest absolute Gasteiger partial charge is 0.0402 e. The Balaban J connectivity index is 2.09. The molecule has 1 atom stereocenters. The van der Waals surface area contributed by atoms with E-state index >= 15 is 0 Å². The number of aryl methyl sites for hydroxylation is 2. The second-order valence-corrected chi connectivity index (χ2v) is 6.07. The molecule has 1 N–H and O–H groups in total. The maximum absolute atomic E-state index is 3.63. The zero-order valence-corrected chi connectivity index (χ0v) is 13.3. The van der Waals surface area contributed by atoms with Gasteiger partial charge in [-0.3, -0.25) is 0 Å². The van der Waals surface area contributed by atoms with Crippen LogP contribution >= 0.6 is 15.9 Å². The molecule has 2 aromatic carbocycles. The van der Waals surface area contributed by atoms with Gasteiger partial charge in [-0.15, -0.1) is 0 Å². The van der Waals surface area contributed by atoms with Crippen molar-refractivity contribution in [1.82, 2.24) is 0 Å². The van der Waals surface area contributed by atoms with Crippen molar-refractivity contribution in [3.63, 3.8) is 0 Å². The minimum atomic E-state index is 0.418. The second kappa shape index (κ2) is 6.25. The van der Waals surface area contributed by atoms with Gasteiger partial charge in [-0.2, -0.15) is 0 Å². The summed E-state index contributed by atoms with van der Waals surface area (Å²) in [7, 11) is 0. The Morgan fingerprint density at radius 2 is 1.63 bits per heavy atom. The second-order valence-electron chi connectivity index (χ2n) is 5.15. The summed E-state index contributed by atoms with van der Waals surface area (Å²) in [4.78, 5) is 0. The van der Waals surface area contributed by atoms with Gasteiger partial charge in [0.25, 0.3) is 0 Å². The van der Waals surface area contributed by atoms with Gasteiger partial charge < -0.3 is 5.32 Å². The molecule has 0 saturated heterocycles. The zero-order chi connectivity index (χ0) is 13.8. The lowest BCUT2D eigenvalue weighted by Gasteiger charge is -2.19. The van der Waals surface area contributed by atoms with Crippen molar-refractivity contribution in [2.75, 3.05) is 5.32 Å². The normalized spacial score (nSPS) is 12.2. The standard InChI is InChI=1S/C17H20BrN/c1-12-9-16(18)10-13(2)17(12)19-14(3)11-15-7-5-4-6-8-15/h4-10,14,19H,11H2,1-3H3. The average Bonchev–Trinajstić information content (AvgIpc) is 2.35. The summed E-state index contributed by atoms with van der Waals surface area (Å²) in [6.07, 6.45) is 1.04. The molecule has 19 heavy (non-hydrogen) atoms. The Bertz CT molecular complexity index is 525. The van der Waals surface area contributed by atoms with Crippen LogP contribution in [0.15, 0.2) is 46.9 Å². The third-order valence-corrected chi connectivity index (χ3v) is 3.73.